The van der Waals surface area contributed by atoms with Crippen molar-refractivity contribution in [3.63, 3.8) is 0 Å². The van der Waals surface area contributed by atoms with Gasteiger partial charge in [0.05, 0.1) is 0 Å². The molecule has 0 aliphatic rings. The number of hydrogen-bond acceptors (Lipinski definition) is 3. The van der Waals surface area contributed by atoms with E-state index in [2.05, 4.69) is 30.8 Å². The van der Waals surface area contributed by atoms with Crippen LogP contribution in [0.25, 0.3) is 0 Å². The van der Waals surface area contributed by atoms with E-state index in [-0.39, 0.29) is 6.29 Å². The van der Waals surface area contributed by atoms with Gasteiger partial charge in [-0.25, -0.2) is 0 Å². The number of allylic oxidation sites excluding steroid dienone is 1. The zero-order chi connectivity index (χ0) is 13.9. The van der Waals surface area contributed by atoms with E-state index < -0.39 is 0 Å². The van der Waals surface area contributed by atoms with Crippen molar-refractivity contribution in [3.05, 3.63) is 42.5 Å². The third kappa shape index (κ3) is 6.28. The molecule has 1 aromatic rings. The van der Waals surface area contributed by atoms with E-state index >= 15 is 0 Å². The second-order valence-corrected chi connectivity index (χ2v) is 5.53. The SMILES string of the molecule is C=CCCCCCSc1ccc(C(OC)OC)cc1. The molecule has 0 heterocycles. The third-order valence-corrected chi connectivity index (χ3v) is 4.00. The molecule has 0 spiro atoms. The molecule has 0 fully saturated rings. The van der Waals surface area contributed by atoms with E-state index in [0.29, 0.717) is 0 Å². The van der Waals surface area contributed by atoms with Crippen LogP contribution in [0.15, 0.2) is 41.8 Å². The Bertz CT molecular complexity index is 344. The highest BCUT2D eigenvalue weighted by Gasteiger charge is 2.07. The van der Waals surface area contributed by atoms with Crippen molar-refractivity contribution in [2.45, 2.75) is 36.9 Å². The molecule has 0 atom stereocenters. The van der Waals surface area contributed by atoms with Crippen molar-refractivity contribution in [1.82, 2.24) is 0 Å². The number of thioether (sulfide) groups is 1. The molecule has 0 bridgehead atoms. The lowest BCUT2D eigenvalue weighted by Crippen LogP contribution is -2.02. The molecule has 19 heavy (non-hydrogen) atoms. The molecule has 0 aliphatic carbocycles. The quantitative estimate of drug-likeness (QED) is 0.265. The van der Waals surface area contributed by atoms with Gasteiger partial charge in [-0.3, -0.25) is 0 Å². The van der Waals surface area contributed by atoms with Crippen LogP contribution in [0.5, 0.6) is 0 Å². The smallest absolute Gasteiger partial charge is 0.183 e. The molecule has 0 aliphatic heterocycles. The van der Waals surface area contributed by atoms with E-state index in [4.69, 9.17) is 9.47 Å². The summed E-state index contributed by atoms with van der Waals surface area (Å²) in [4.78, 5) is 1.30. The Labute approximate surface area is 121 Å². The average molecular weight is 280 g/mol. The van der Waals surface area contributed by atoms with Crippen LogP contribution in [-0.4, -0.2) is 20.0 Å². The van der Waals surface area contributed by atoms with Crippen molar-refractivity contribution >= 4 is 11.8 Å². The van der Waals surface area contributed by atoms with Crippen molar-refractivity contribution in [2.24, 2.45) is 0 Å². The first kappa shape index (κ1) is 16.3. The molecule has 0 amide bonds. The number of benzene rings is 1. The number of ether oxygens (including phenoxy) is 2. The Hall–Kier alpha value is -0.770. The first-order chi connectivity index (χ1) is 9.31. The zero-order valence-electron chi connectivity index (χ0n) is 11.9. The fourth-order valence-corrected chi connectivity index (χ4v) is 2.76. The predicted molar refractivity (Wildman–Crippen MR) is 82.6 cm³/mol. The Morgan fingerprint density at radius 3 is 2.37 bits per heavy atom. The largest absolute Gasteiger partial charge is 0.352 e. The molecule has 106 valence electrons. The molecule has 2 nitrogen and oxygen atoms in total. The van der Waals surface area contributed by atoms with Gasteiger partial charge in [-0.05, 0) is 37.1 Å². The highest BCUT2D eigenvalue weighted by molar-refractivity contribution is 7.99. The van der Waals surface area contributed by atoms with Gasteiger partial charge in [-0.2, -0.15) is 0 Å². The zero-order valence-corrected chi connectivity index (χ0v) is 12.7. The molecule has 0 N–H and O–H groups in total. The number of rotatable bonds is 10. The van der Waals surface area contributed by atoms with Gasteiger partial charge >= 0.3 is 0 Å². The van der Waals surface area contributed by atoms with Gasteiger partial charge in [-0.15, -0.1) is 18.3 Å². The van der Waals surface area contributed by atoms with Gasteiger partial charge in [0.1, 0.15) is 0 Å². The topological polar surface area (TPSA) is 18.5 Å². The summed E-state index contributed by atoms with van der Waals surface area (Å²) in [5.41, 5.74) is 1.06. The van der Waals surface area contributed by atoms with Gasteiger partial charge in [-0.1, -0.05) is 24.6 Å². The van der Waals surface area contributed by atoms with Crippen LogP contribution in [0.3, 0.4) is 0 Å². The van der Waals surface area contributed by atoms with Crippen LogP contribution >= 0.6 is 11.8 Å². The van der Waals surface area contributed by atoms with E-state index in [1.165, 1.54) is 29.9 Å². The Kier molecular flexibility index (Phi) is 8.63. The molecule has 0 unspecified atom stereocenters. The third-order valence-electron chi connectivity index (χ3n) is 2.90. The average Bonchev–Trinajstić information content (AvgIpc) is 2.45. The maximum atomic E-state index is 5.22. The second-order valence-electron chi connectivity index (χ2n) is 4.36. The summed E-state index contributed by atoms with van der Waals surface area (Å²) in [5.74, 6) is 1.18. The molecular weight excluding hydrogens is 256 g/mol. The fraction of sp³-hybridized carbons (Fsp3) is 0.500. The number of hydrogen-bond donors (Lipinski definition) is 0. The summed E-state index contributed by atoms with van der Waals surface area (Å²) in [5, 5.41) is 0. The summed E-state index contributed by atoms with van der Waals surface area (Å²) < 4.78 is 10.4. The van der Waals surface area contributed by atoms with Crippen molar-refractivity contribution in [1.29, 1.82) is 0 Å². The van der Waals surface area contributed by atoms with Crippen LogP contribution in [0.4, 0.5) is 0 Å². The van der Waals surface area contributed by atoms with Crippen LogP contribution in [0, 0.1) is 0 Å². The molecule has 0 saturated carbocycles. The van der Waals surface area contributed by atoms with Gasteiger partial charge < -0.3 is 9.47 Å². The number of methoxy groups -OCH3 is 2. The van der Waals surface area contributed by atoms with Crippen LogP contribution in [-0.2, 0) is 9.47 Å². The second kappa shape index (κ2) is 10.1. The van der Waals surface area contributed by atoms with Crippen LogP contribution in [0.2, 0.25) is 0 Å². The monoisotopic (exact) mass is 280 g/mol. The highest BCUT2D eigenvalue weighted by Crippen LogP contribution is 2.23. The lowest BCUT2D eigenvalue weighted by molar-refractivity contribution is -0.106. The van der Waals surface area contributed by atoms with E-state index in [1.54, 1.807) is 14.2 Å². The summed E-state index contributed by atoms with van der Waals surface area (Å²) in [6.45, 7) is 3.74. The lowest BCUT2D eigenvalue weighted by atomic mass is 10.2. The maximum Gasteiger partial charge on any atom is 0.183 e. The molecule has 3 heteroatoms. The Morgan fingerprint density at radius 2 is 1.79 bits per heavy atom. The molecule has 0 aromatic heterocycles. The predicted octanol–water partition coefficient (Wildman–Crippen LogP) is 4.82. The van der Waals surface area contributed by atoms with Crippen molar-refractivity contribution in [3.8, 4) is 0 Å². The molecular formula is C16H24O2S. The minimum Gasteiger partial charge on any atom is -0.352 e. The summed E-state index contributed by atoms with van der Waals surface area (Å²) in [6.07, 6.45) is 6.67. The lowest BCUT2D eigenvalue weighted by Gasteiger charge is -2.13. The number of unbranched alkanes of at least 4 members (excludes halogenated alkanes) is 3. The van der Waals surface area contributed by atoms with Gasteiger partial charge in [0.2, 0.25) is 0 Å². The normalized spacial score (nSPS) is 10.9. The highest BCUT2D eigenvalue weighted by atomic mass is 32.2. The first-order valence-corrected chi connectivity index (χ1v) is 7.69. The molecule has 1 rings (SSSR count). The summed E-state index contributed by atoms with van der Waals surface area (Å²) in [7, 11) is 3.31. The van der Waals surface area contributed by atoms with Crippen molar-refractivity contribution in [2.75, 3.05) is 20.0 Å². The van der Waals surface area contributed by atoms with Crippen LogP contribution in [0.1, 0.15) is 37.5 Å². The fourth-order valence-electron chi connectivity index (χ4n) is 1.85. The minimum absolute atomic E-state index is 0.266. The van der Waals surface area contributed by atoms with E-state index in [9.17, 15) is 0 Å². The maximum absolute atomic E-state index is 5.22. The minimum atomic E-state index is -0.266. The van der Waals surface area contributed by atoms with Gasteiger partial charge in [0, 0.05) is 24.7 Å². The summed E-state index contributed by atoms with van der Waals surface area (Å²) in [6, 6.07) is 8.40. The van der Waals surface area contributed by atoms with Gasteiger partial charge in [0.25, 0.3) is 0 Å². The van der Waals surface area contributed by atoms with E-state index in [0.717, 1.165) is 12.0 Å². The standard InChI is InChI=1S/C16H24O2S/c1-4-5-6-7-8-13-19-15-11-9-14(10-12-15)16(17-2)18-3/h4,9-12,16H,1,5-8,13H2,2-3H3. The first-order valence-electron chi connectivity index (χ1n) is 6.71. The Morgan fingerprint density at radius 1 is 1.11 bits per heavy atom. The Balaban J connectivity index is 2.30. The summed E-state index contributed by atoms with van der Waals surface area (Å²) >= 11 is 1.91. The van der Waals surface area contributed by atoms with E-state index in [1.807, 2.05) is 17.8 Å². The van der Waals surface area contributed by atoms with Gasteiger partial charge in [0.15, 0.2) is 6.29 Å². The van der Waals surface area contributed by atoms with Crippen molar-refractivity contribution < 1.29 is 9.47 Å². The molecule has 0 radical (unpaired) electrons. The molecule has 0 saturated heterocycles. The molecule has 1 aromatic carbocycles. The van der Waals surface area contributed by atoms with Crippen LogP contribution < -0.4 is 0 Å².